The van der Waals surface area contributed by atoms with Crippen molar-refractivity contribution in [2.75, 3.05) is 24.3 Å². The minimum absolute atomic E-state index is 0. The summed E-state index contributed by atoms with van der Waals surface area (Å²) in [6.45, 7) is 2.76. The lowest BCUT2D eigenvalue weighted by Gasteiger charge is -2.19. The molecule has 0 spiro atoms. The van der Waals surface area contributed by atoms with Crippen LogP contribution >= 0.6 is 12.4 Å². The molecule has 1 aromatic rings. The number of amides is 1. The van der Waals surface area contributed by atoms with E-state index in [1.807, 2.05) is 18.2 Å². The second kappa shape index (κ2) is 6.61. The van der Waals surface area contributed by atoms with E-state index < -0.39 is 6.10 Å². The number of carbonyl (C=O) groups is 1. The van der Waals surface area contributed by atoms with Crippen LogP contribution in [0.25, 0.3) is 0 Å². The summed E-state index contributed by atoms with van der Waals surface area (Å²) in [5.41, 5.74) is 3.27. The van der Waals surface area contributed by atoms with E-state index >= 15 is 0 Å². The number of ether oxygens (including phenoxy) is 1. The van der Waals surface area contributed by atoms with Gasteiger partial charge in [-0.2, -0.15) is 0 Å². The predicted octanol–water partition coefficient (Wildman–Crippen LogP) is 2.44. The van der Waals surface area contributed by atoms with Crippen LogP contribution < -0.4 is 10.6 Å². The van der Waals surface area contributed by atoms with Crippen LogP contribution in [0.2, 0.25) is 0 Å². The number of methoxy groups -OCH3 is 1. The number of aryl methyl sites for hydroxylation is 1. The van der Waals surface area contributed by atoms with Gasteiger partial charge in [-0.3, -0.25) is 4.79 Å². The summed E-state index contributed by atoms with van der Waals surface area (Å²) in [7, 11) is 1.53. The summed E-state index contributed by atoms with van der Waals surface area (Å²) < 4.78 is 4.97. The van der Waals surface area contributed by atoms with Gasteiger partial charge in [-0.1, -0.05) is 0 Å². The zero-order valence-corrected chi connectivity index (χ0v) is 11.5. The highest BCUT2D eigenvalue weighted by Crippen LogP contribution is 2.25. The van der Waals surface area contributed by atoms with Gasteiger partial charge in [-0.05, 0) is 43.5 Å². The van der Waals surface area contributed by atoms with Gasteiger partial charge in [-0.25, -0.2) is 0 Å². The van der Waals surface area contributed by atoms with Crippen LogP contribution in [0.5, 0.6) is 0 Å². The molecule has 2 rings (SSSR count). The molecule has 1 unspecified atom stereocenters. The molecule has 18 heavy (non-hydrogen) atoms. The number of anilines is 2. The number of benzene rings is 1. The standard InChI is InChI=1S/C13H18N2O2.ClH/c1-9(17-2)13(16)15-11-5-6-12-10(8-11)4-3-7-14-12;/h5-6,8-9,14H,3-4,7H2,1-2H3,(H,15,16);1H. The fraction of sp³-hybridized carbons (Fsp3) is 0.462. The lowest BCUT2D eigenvalue weighted by Crippen LogP contribution is -2.26. The number of hydrogen-bond donors (Lipinski definition) is 2. The molecule has 1 amide bonds. The Labute approximate surface area is 114 Å². The van der Waals surface area contributed by atoms with Gasteiger partial charge in [0.1, 0.15) is 6.10 Å². The first-order chi connectivity index (χ1) is 8.20. The van der Waals surface area contributed by atoms with E-state index in [4.69, 9.17) is 4.74 Å². The first kappa shape index (κ1) is 14.8. The van der Waals surface area contributed by atoms with Gasteiger partial charge in [0.2, 0.25) is 0 Å². The van der Waals surface area contributed by atoms with Crippen molar-refractivity contribution in [1.82, 2.24) is 0 Å². The smallest absolute Gasteiger partial charge is 0.253 e. The maximum Gasteiger partial charge on any atom is 0.253 e. The van der Waals surface area contributed by atoms with Crippen molar-refractivity contribution in [3.63, 3.8) is 0 Å². The number of halogens is 1. The van der Waals surface area contributed by atoms with E-state index in [0.29, 0.717) is 0 Å². The third-order valence-corrected chi connectivity index (χ3v) is 3.03. The molecule has 0 saturated carbocycles. The highest BCUT2D eigenvalue weighted by atomic mass is 35.5. The SMILES string of the molecule is COC(C)C(=O)Nc1ccc2c(c1)CCCN2.Cl. The minimum Gasteiger partial charge on any atom is -0.385 e. The van der Waals surface area contributed by atoms with E-state index in [1.54, 1.807) is 6.92 Å². The molecule has 1 atom stereocenters. The zero-order chi connectivity index (χ0) is 12.3. The van der Waals surface area contributed by atoms with Crippen LogP contribution in [0.3, 0.4) is 0 Å². The summed E-state index contributed by atoms with van der Waals surface area (Å²) in [5, 5.41) is 6.19. The quantitative estimate of drug-likeness (QED) is 0.887. The topological polar surface area (TPSA) is 50.4 Å². The normalized spacial score (nSPS) is 14.8. The fourth-order valence-corrected chi connectivity index (χ4v) is 1.90. The van der Waals surface area contributed by atoms with Gasteiger partial charge < -0.3 is 15.4 Å². The Balaban J connectivity index is 0.00000162. The molecule has 0 aliphatic carbocycles. The van der Waals surface area contributed by atoms with E-state index in [9.17, 15) is 4.79 Å². The Kier molecular flexibility index (Phi) is 5.44. The van der Waals surface area contributed by atoms with Crippen molar-refractivity contribution in [3.8, 4) is 0 Å². The first-order valence-corrected chi connectivity index (χ1v) is 5.91. The van der Waals surface area contributed by atoms with Crippen LogP contribution in [0, 0.1) is 0 Å². The van der Waals surface area contributed by atoms with Gasteiger partial charge in [0.25, 0.3) is 5.91 Å². The third-order valence-electron chi connectivity index (χ3n) is 3.03. The van der Waals surface area contributed by atoms with E-state index in [0.717, 1.165) is 25.1 Å². The largest absolute Gasteiger partial charge is 0.385 e. The molecule has 1 heterocycles. The van der Waals surface area contributed by atoms with Gasteiger partial charge in [0.05, 0.1) is 0 Å². The van der Waals surface area contributed by atoms with Crippen LogP contribution in [0.4, 0.5) is 11.4 Å². The summed E-state index contributed by atoms with van der Waals surface area (Å²) in [5.74, 6) is -0.115. The molecule has 0 radical (unpaired) electrons. The molecular formula is C13H19ClN2O2. The Morgan fingerprint density at radius 2 is 2.28 bits per heavy atom. The molecule has 2 N–H and O–H groups in total. The predicted molar refractivity (Wildman–Crippen MR) is 75.6 cm³/mol. The average molecular weight is 271 g/mol. The second-order valence-electron chi connectivity index (χ2n) is 4.27. The summed E-state index contributed by atoms with van der Waals surface area (Å²) in [6.07, 6.45) is 1.77. The number of fused-ring (bicyclic) bond motifs is 1. The van der Waals surface area contributed by atoms with Crippen molar-refractivity contribution < 1.29 is 9.53 Å². The Hall–Kier alpha value is -1.26. The molecule has 1 aliphatic rings. The van der Waals surface area contributed by atoms with Crippen molar-refractivity contribution in [2.24, 2.45) is 0 Å². The van der Waals surface area contributed by atoms with Gasteiger partial charge in [-0.15, -0.1) is 12.4 Å². The van der Waals surface area contributed by atoms with Crippen LogP contribution in [0.15, 0.2) is 18.2 Å². The monoisotopic (exact) mass is 270 g/mol. The lowest BCUT2D eigenvalue weighted by molar-refractivity contribution is -0.124. The molecule has 1 aromatic carbocycles. The molecule has 4 nitrogen and oxygen atoms in total. The average Bonchev–Trinajstić information content (AvgIpc) is 2.37. The van der Waals surface area contributed by atoms with E-state index in [2.05, 4.69) is 10.6 Å². The van der Waals surface area contributed by atoms with Crippen LogP contribution in [-0.4, -0.2) is 25.7 Å². The van der Waals surface area contributed by atoms with Crippen molar-refractivity contribution >= 4 is 29.7 Å². The first-order valence-electron chi connectivity index (χ1n) is 5.91. The van der Waals surface area contributed by atoms with Gasteiger partial charge >= 0.3 is 0 Å². The van der Waals surface area contributed by atoms with E-state index in [-0.39, 0.29) is 18.3 Å². The molecule has 5 heteroatoms. The molecule has 1 aliphatic heterocycles. The summed E-state index contributed by atoms with van der Waals surface area (Å²) >= 11 is 0. The summed E-state index contributed by atoms with van der Waals surface area (Å²) in [6, 6.07) is 5.96. The number of carbonyl (C=O) groups excluding carboxylic acids is 1. The maximum absolute atomic E-state index is 11.7. The Bertz CT molecular complexity index is 423. The number of nitrogens with one attached hydrogen (secondary N) is 2. The van der Waals surface area contributed by atoms with Crippen molar-refractivity contribution in [1.29, 1.82) is 0 Å². The maximum atomic E-state index is 11.7. The summed E-state index contributed by atoms with van der Waals surface area (Å²) in [4.78, 5) is 11.7. The van der Waals surface area contributed by atoms with Crippen molar-refractivity contribution in [3.05, 3.63) is 23.8 Å². The highest BCUT2D eigenvalue weighted by molar-refractivity contribution is 5.94. The van der Waals surface area contributed by atoms with Crippen LogP contribution in [0.1, 0.15) is 18.9 Å². The number of rotatable bonds is 3. The molecule has 0 fully saturated rings. The Morgan fingerprint density at radius 1 is 1.50 bits per heavy atom. The Morgan fingerprint density at radius 3 is 3.00 bits per heavy atom. The number of hydrogen-bond acceptors (Lipinski definition) is 3. The van der Waals surface area contributed by atoms with E-state index in [1.165, 1.54) is 18.4 Å². The van der Waals surface area contributed by atoms with Gasteiger partial charge in [0, 0.05) is 25.0 Å². The fourth-order valence-electron chi connectivity index (χ4n) is 1.90. The second-order valence-corrected chi connectivity index (χ2v) is 4.27. The lowest BCUT2D eigenvalue weighted by atomic mass is 10.0. The molecule has 0 aromatic heterocycles. The molecule has 0 bridgehead atoms. The third kappa shape index (κ3) is 3.37. The zero-order valence-electron chi connectivity index (χ0n) is 10.7. The molecule has 0 saturated heterocycles. The highest BCUT2D eigenvalue weighted by Gasteiger charge is 2.13. The van der Waals surface area contributed by atoms with Gasteiger partial charge in [0.15, 0.2) is 0 Å². The molecular weight excluding hydrogens is 252 g/mol. The van der Waals surface area contributed by atoms with Crippen LogP contribution in [-0.2, 0) is 16.0 Å². The van der Waals surface area contributed by atoms with Crippen molar-refractivity contribution in [2.45, 2.75) is 25.9 Å². The molecule has 100 valence electrons. The minimum atomic E-state index is -0.427.